The standard InChI is InChI=1S/C30H32F2N6O2/c1-40-27-12-19(8-9-34-27)15-38(22-4-2-10-36(18-22)21-6-7-26(33)35-14-21)17-20-16-37-11-3-5-23-28(32)25(31)13-24(29(23)37)30(20)39/h6-9,12-14,16,22H,2-5,10-11,15,17-18H2,1H3,(H2,33,35). The zero-order valence-electron chi connectivity index (χ0n) is 22.4. The van der Waals surface area contributed by atoms with Crippen molar-refractivity contribution in [2.24, 2.45) is 0 Å². The molecule has 2 N–H and O–H groups in total. The van der Waals surface area contributed by atoms with Gasteiger partial charge in [0.25, 0.3) is 0 Å². The number of nitrogen functional groups attached to an aromatic ring is 1. The lowest BCUT2D eigenvalue weighted by Crippen LogP contribution is -2.48. The van der Waals surface area contributed by atoms with E-state index in [0.717, 1.165) is 43.2 Å². The predicted octanol–water partition coefficient (Wildman–Crippen LogP) is 4.28. The van der Waals surface area contributed by atoms with Crippen LogP contribution in [0.25, 0.3) is 10.9 Å². The molecule has 6 rings (SSSR count). The normalized spacial score (nSPS) is 17.0. The van der Waals surface area contributed by atoms with Crippen LogP contribution in [0.2, 0.25) is 0 Å². The van der Waals surface area contributed by atoms with E-state index in [1.54, 1.807) is 25.6 Å². The molecular formula is C30H32F2N6O2. The summed E-state index contributed by atoms with van der Waals surface area (Å²) in [7, 11) is 1.58. The summed E-state index contributed by atoms with van der Waals surface area (Å²) in [5, 5.41) is 0.245. The first-order valence-electron chi connectivity index (χ1n) is 13.6. The summed E-state index contributed by atoms with van der Waals surface area (Å²) in [5.74, 6) is -0.812. The van der Waals surface area contributed by atoms with Crippen molar-refractivity contribution >= 4 is 22.4 Å². The van der Waals surface area contributed by atoms with Gasteiger partial charge in [0, 0.05) is 73.7 Å². The Balaban J connectivity index is 1.38. The number of aromatic nitrogens is 3. The van der Waals surface area contributed by atoms with E-state index in [9.17, 15) is 13.6 Å². The van der Waals surface area contributed by atoms with Crippen LogP contribution >= 0.6 is 0 Å². The van der Waals surface area contributed by atoms with E-state index < -0.39 is 11.6 Å². The zero-order chi connectivity index (χ0) is 27.8. The summed E-state index contributed by atoms with van der Waals surface area (Å²) < 4.78 is 36.4. The number of halogens is 2. The fourth-order valence-corrected chi connectivity index (χ4v) is 6.10. The van der Waals surface area contributed by atoms with Crippen LogP contribution in [0.3, 0.4) is 0 Å². The average Bonchev–Trinajstić information content (AvgIpc) is 2.98. The molecule has 0 aliphatic carbocycles. The van der Waals surface area contributed by atoms with Crippen LogP contribution in [0, 0.1) is 11.6 Å². The van der Waals surface area contributed by atoms with Crippen LogP contribution in [-0.4, -0.2) is 45.7 Å². The highest BCUT2D eigenvalue weighted by atomic mass is 19.2. The van der Waals surface area contributed by atoms with Crippen molar-refractivity contribution in [3.05, 3.63) is 87.5 Å². The summed E-state index contributed by atoms with van der Waals surface area (Å²) in [6.07, 6.45) is 8.39. The summed E-state index contributed by atoms with van der Waals surface area (Å²) in [6, 6.07) is 8.82. The van der Waals surface area contributed by atoms with Gasteiger partial charge in [0.1, 0.15) is 5.82 Å². The molecule has 1 saturated heterocycles. The number of hydrogen-bond donors (Lipinski definition) is 1. The van der Waals surface area contributed by atoms with E-state index in [4.69, 9.17) is 10.5 Å². The average molecular weight is 547 g/mol. The third-order valence-electron chi connectivity index (χ3n) is 8.06. The minimum absolute atomic E-state index is 0.127. The van der Waals surface area contributed by atoms with E-state index in [1.807, 2.05) is 29.0 Å². The van der Waals surface area contributed by atoms with Crippen molar-refractivity contribution in [3.8, 4) is 5.88 Å². The van der Waals surface area contributed by atoms with Crippen molar-refractivity contribution in [1.29, 1.82) is 0 Å². The Morgan fingerprint density at radius 3 is 2.80 bits per heavy atom. The lowest BCUT2D eigenvalue weighted by molar-refractivity contribution is 0.158. The van der Waals surface area contributed by atoms with E-state index in [0.29, 0.717) is 60.8 Å². The van der Waals surface area contributed by atoms with Crippen molar-refractivity contribution in [3.63, 3.8) is 0 Å². The lowest BCUT2D eigenvalue weighted by atomic mass is 9.98. The summed E-state index contributed by atoms with van der Waals surface area (Å²) in [4.78, 5) is 26.8. The molecule has 4 aromatic rings. The number of aryl methyl sites for hydroxylation is 2. The second-order valence-electron chi connectivity index (χ2n) is 10.6. The van der Waals surface area contributed by atoms with Gasteiger partial charge in [-0.3, -0.25) is 9.69 Å². The number of benzene rings is 1. The van der Waals surface area contributed by atoms with E-state index in [2.05, 4.69) is 19.8 Å². The van der Waals surface area contributed by atoms with E-state index in [1.165, 1.54) is 0 Å². The van der Waals surface area contributed by atoms with Gasteiger partial charge in [-0.25, -0.2) is 18.7 Å². The van der Waals surface area contributed by atoms with E-state index in [-0.39, 0.29) is 16.9 Å². The van der Waals surface area contributed by atoms with Crippen molar-refractivity contribution < 1.29 is 13.5 Å². The number of rotatable bonds is 7. The molecule has 3 aromatic heterocycles. The second kappa shape index (κ2) is 10.8. The first-order chi connectivity index (χ1) is 19.4. The molecule has 1 unspecified atom stereocenters. The predicted molar refractivity (Wildman–Crippen MR) is 150 cm³/mol. The molecule has 1 fully saturated rings. The number of nitrogens with zero attached hydrogens (tertiary/aromatic N) is 5. The van der Waals surface area contributed by atoms with Crippen LogP contribution in [-0.2, 0) is 26.1 Å². The maximum atomic E-state index is 14.6. The molecule has 0 bridgehead atoms. The van der Waals surface area contributed by atoms with Gasteiger partial charge in [-0.1, -0.05) is 0 Å². The van der Waals surface area contributed by atoms with Gasteiger partial charge >= 0.3 is 0 Å². The molecule has 0 radical (unpaired) electrons. The topological polar surface area (TPSA) is 89.5 Å². The molecular weight excluding hydrogens is 514 g/mol. The molecule has 1 aromatic carbocycles. The molecule has 0 spiro atoms. The Morgan fingerprint density at radius 2 is 2.00 bits per heavy atom. The summed E-state index contributed by atoms with van der Waals surface area (Å²) in [6.45, 7) is 3.24. The number of piperidine rings is 1. The highest BCUT2D eigenvalue weighted by Crippen LogP contribution is 2.30. The molecule has 10 heteroatoms. The Labute approximate surface area is 231 Å². The Morgan fingerprint density at radius 1 is 1.12 bits per heavy atom. The van der Waals surface area contributed by atoms with Gasteiger partial charge in [-0.2, -0.15) is 0 Å². The van der Waals surface area contributed by atoms with Gasteiger partial charge in [0.2, 0.25) is 5.88 Å². The molecule has 0 amide bonds. The number of hydrogen-bond acceptors (Lipinski definition) is 7. The molecule has 1 atom stereocenters. The molecule has 0 saturated carbocycles. The summed E-state index contributed by atoms with van der Waals surface area (Å²) >= 11 is 0. The number of nitrogens with two attached hydrogens (primary N) is 1. The number of pyridine rings is 3. The lowest BCUT2D eigenvalue weighted by Gasteiger charge is -2.40. The Hall–Kier alpha value is -4.05. The quantitative estimate of drug-likeness (QED) is 0.370. The highest BCUT2D eigenvalue weighted by molar-refractivity contribution is 5.83. The fraction of sp³-hybridized carbons (Fsp3) is 0.367. The molecule has 8 nitrogen and oxygen atoms in total. The van der Waals surface area contributed by atoms with Gasteiger partial charge in [0.15, 0.2) is 17.1 Å². The van der Waals surface area contributed by atoms with Crippen LogP contribution in [0.15, 0.2) is 53.7 Å². The minimum atomic E-state index is -0.967. The maximum Gasteiger partial charge on any atom is 0.213 e. The maximum absolute atomic E-state index is 14.6. The summed E-state index contributed by atoms with van der Waals surface area (Å²) in [5.41, 5.74) is 8.95. The van der Waals surface area contributed by atoms with Crippen molar-refractivity contribution in [1.82, 2.24) is 19.4 Å². The molecule has 208 valence electrons. The second-order valence-corrected chi connectivity index (χ2v) is 10.6. The van der Waals surface area contributed by atoms with Gasteiger partial charge in [-0.05, 0) is 55.5 Å². The third-order valence-corrected chi connectivity index (χ3v) is 8.06. The minimum Gasteiger partial charge on any atom is -0.481 e. The number of anilines is 2. The highest BCUT2D eigenvalue weighted by Gasteiger charge is 2.28. The van der Waals surface area contributed by atoms with Gasteiger partial charge in [0.05, 0.1) is 24.5 Å². The van der Waals surface area contributed by atoms with Crippen LogP contribution in [0.4, 0.5) is 20.3 Å². The van der Waals surface area contributed by atoms with Crippen LogP contribution in [0.5, 0.6) is 5.88 Å². The Bertz CT molecular complexity index is 1610. The number of methoxy groups -OCH3 is 1. The number of ether oxygens (including phenoxy) is 1. The first kappa shape index (κ1) is 26.2. The molecule has 5 heterocycles. The fourth-order valence-electron chi connectivity index (χ4n) is 6.10. The van der Waals surface area contributed by atoms with Gasteiger partial charge in [-0.15, -0.1) is 0 Å². The van der Waals surface area contributed by atoms with E-state index >= 15 is 0 Å². The third kappa shape index (κ3) is 4.99. The van der Waals surface area contributed by atoms with Crippen LogP contribution < -0.4 is 20.8 Å². The van der Waals surface area contributed by atoms with Crippen molar-refractivity contribution in [2.45, 2.75) is 51.4 Å². The monoisotopic (exact) mass is 546 g/mol. The smallest absolute Gasteiger partial charge is 0.213 e. The Kier molecular flexibility index (Phi) is 7.10. The van der Waals surface area contributed by atoms with Gasteiger partial charge < -0.3 is 19.9 Å². The molecule has 2 aliphatic rings. The van der Waals surface area contributed by atoms with Crippen molar-refractivity contribution in [2.75, 3.05) is 30.8 Å². The molecule has 2 aliphatic heterocycles. The molecule has 40 heavy (non-hydrogen) atoms. The SMILES string of the molecule is COc1cc(CN(Cc2cn3c4c(c(F)c(F)cc4c2=O)CCC3)C2CCCN(c3ccc(N)nc3)C2)ccn1. The van der Waals surface area contributed by atoms with Crippen LogP contribution in [0.1, 0.15) is 36.0 Å². The zero-order valence-corrected chi connectivity index (χ0v) is 22.4. The largest absolute Gasteiger partial charge is 0.481 e. The first-order valence-corrected chi connectivity index (χ1v) is 13.6.